The van der Waals surface area contributed by atoms with Gasteiger partial charge in [-0.3, -0.25) is 9.78 Å². The summed E-state index contributed by atoms with van der Waals surface area (Å²) in [5, 5.41) is 27.1. The highest BCUT2D eigenvalue weighted by Crippen LogP contribution is 2.26. The van der Waals surface area contributed by atoms with Crippen molar-refractivity contribution in [3.63, 3.8) is 0 Å². The molecule has 30 heavy (non-hydrogen) atoms. The third kappa shape index (κ3) is 4.24. The third-order valence-corrected chi connectivity index (χ3v) is 5.31. The Morgan fingerprint density at radius 1 is 1.27 bits per heavy atom. The zero-order chi connectivity index (χ0) is 21.1. The summed E-state index contributed by atoms with van der Waals surface area (Å²) in [6, 6.07) is 10.2. The number of aromatic nitrogens is 2. The van der Waals surface area contributed by atoms with Crippen LogP contribution in [0.3, 0.4) is 0 Å². The van der Waals surface area contributed by atoms with E-state index in [1.165, 1.54) is 6.20 Å². The van der Waals surface area contributed by atoms with E-state index in [1.807, 2.05) is 12.1 Å². The standard InChI is InChI=1S/C22H23N5O3/c23-21(30)17-5-7-25-22(27-15-2-1-6-24-12-15)18(17)10-20(29)19-9-13-3-4-16(28)8-14(13)11-26-19/h1-8,12,19-20,26,28-29H,9-11H2,(H2,23,30)(H,25,27)/t19-,20+/m0/s1. The Bertz CT molecular complexity index is 1060. The van der Waals surface area contributed by atoms with Gasteiger partial charge in [-0.2, -0.15) is 0 Å². The molecule has 0 spiro atoms. The van der Waals surface area contributed by atoms with Gasteiger partial charge in [-0.25, -0.2) is 4.98 Å². The van der Waals surface area contributed by atoms with Gasteiger partial charge in [0.25, 0.3) is 0 Å². The summed E-state index contributed by atoms with van der Waals surface area (Å²) < 4.78 is 0. The predicted molar refractivity (Wildman–Crippen MR) is 112 cm³/mol. The topological polar surface area (TPSA) is 133 Å². The van der Waals surface area contributed by atoms with Crippen LogP contribution in [0.4, 0.5) is 11.5 Å². The second kappa shape index (κ2) is 8.48. The van der Waals surface area contributed by atoms with Gasteiger partial charge in [-0.05, 0) is 47.9 Å². The van der Waals surface area contributed by atoms with E-state index in [1.54, 1.807) is 36.7 Å². The summed E-state index contributed by atoms with van der Waals surface area (Å²) in [5.74, 6) is 0.105. The molecule has 0 saturated heterocycles. The van der Waals surface area contributed by atoms with Crippen LogP contribution in [0.1, 0.15) is 27.0 Å². The summed E-state index contributed by atoms with van der Waals surface area (Å²) in [6.45, 7) is 0.544. The number of phenols is 1. The zero-order valence-corrected chi connectivity index (χ0v) is 16.2. The summed E-state index contributed by atoms with van der Waals surface area (Å²) in [7, 11) is 0. The number of carbonyl (C=O) groups excluding carboxylic acids is 1. The van der Waals surface area contributed by atoms with E-state index in [0.717, 1.165) is 11.1 Å². The lowest BCUT2D eigenvalue weighted by Gasteiger charge is -2.30. The molecule has 1 aliphatic heterocycles. The zero-order valence-electron chi connectivity index (χ0n) is 16.2. The smallest absolute Gasteiger partial charge is 0.249 e. The Kier molecular flexibility index (Phi) is 5.60. The molecule has 0 fully saturated rings. The molecular weight excluding hydrogens is 382 g/mol. The second-order valence-corrected chi connectivity index (χ2v) is 7.33. The number of pyridine rings is 2. The van der Waals surface area contributed by atoms with E-state index in [9.17, 15) is 15.0 Å². The molecule has 154 valence electrons. The van der Waals surface area contributed by atoms with Crippen molar-refractivity contribution in [1.82, 2.24) is 15.3 Å². The summed E-state index contributed by atoms with van der Waals surface area (Å²) in [6.07, 6.45) is 4.84. The molecule has 8 nitrogen and oxygen atoms in total. The van der Waals surface area contributed by atoms with Crippen LogP contribution in [0.25, 0.3) is 0 Å². The van der Waals surface area contributed by atoms with E-state index in [2.05, 4.69) is 20.6 Å². The second-order valence-electron chi connectivity index (χ2n) is 7.33. The number of nitrogens with two attached hydrogens (primary N) is 1. The number of amides is 1. The van der Waals surface area contributed by atoms with E-state index in [0.29, 0.717) is 35.6 Å². The first kappa shape index (κ1) is 19.8. The van der Waals surface area contributed by atoms with E-state index >= 15 is 0 Å². The molecule has 1 amide bonds. The van der Waals surface area contributed by atoms with Crippen LogP contribution in [0.15, 0.2) is 55.0 Å². The minimum atomic E-state index is -0.774. The van der Waals surface area contributed by atoms with Crippen molar-refractivity contribution in [3.05, 3.63) is 77.2 Å². The van der Waals surface area contributed by atoms with Crippen LogP contribution in [0.5, 0.6) is 5.75 Å². The Labute approximate surface area is 173 Å². The van der Waals surface area contributed by atoms with Gasteiger partial charge in [0.05, 0.1) is 18.0 Å². The van der Waals surface area contributed by atoms with Crippen LogP contribution in [0.2, 0.25) is 0 Å². The van der Waals surface area contributed by atoms with Crippen molar-refractivity contribution in [2.24, 2.45) is 5.73 Å². The van der Waals surface area contributed by atoms with Crippen LogP contribution in [0, 0.1) is 0 Å². The number of hydrogen-bond acceptors (Lipinski definition) is 7. The lowest BCUT2D eigenvalue weighted by molar-refractivity contribution is 0.0995. The molecule has 4 rings (SSSR count). The Hall–Kier alpha value is -3.49. The van der Waals surface area contributed by atoms with Gasteiger partial charge < -0.3 is 26.6 Å². The van der Waals surface area contributed by atoms with Crippen molar-refractivity contribution < 1.29 is 15.0 Å². The quantitative estimate of drug-likeness (QED) is 0.421. The van der Waals surface area contributed by atoms with Gasteiger partial charge in [0.1, 0.15) is 11.6 Å². The summed E-state index contributed by atoms with van der Waals surface area (Å²) >= 11 is 0. The molecule has 3 heterocycles. The molecule has 6 N–H and O–H groups in total. The van der Waals surface area contributed by atoms with Crippen LogP contribution in [-0.2, 0) is 19.4 Å². The lowest BCUT2D eigenvalue weighted by Crippen LogP contribution is -2.45. The highest BCUT2D eigenvalue weighted by Gasteiger charge is 2.27. The summed E-state index contributed by atoms with van der Waals surface area (Å²) in [4.78, 5) is 20.4. The maximum absolute atomic E-state index is 12.0. The number of primary amides is 1. The Balaban J connectivity index is 1.58. The van der Waals surface area contributed by atoms with Crippen molar-refractivity contribution >= 4 is 17.4 Å². The molecule has 0 saturated carbocycles. The SMILES string of the molecule is NC(=O)c1ccnc(Nc2cccnc2)c1C[C@@H](O)[C@@H]1Cc2ccc(O)cc2CN1. The number of aliphatic hydroxyl groups excluding tert-OH is 1. The number of aliphatic hydroxyl groups is 1. The van der Waals surface area contributed by atoms with Gasteiger partial charge >= 0.3 is 0 Å². The monoisotopic (exact) mass is 405 g/mol. The largest absolute Gasteiger partial charge is 0.508 e. The number of nitrogens with zero attached hydrogens (tertiary/aromatic N) is 2. The van der Waals surface area contributed by atoms with Crippen molar-refractivity contribution in [3.8, 4) is 5.75 Å². The van der Waals surface area contributed by atoms with Crippen molar-refractivity contribution in [2.45, 2.75) is 31.5 Å². The lowest BCUT2D eigenvalue weighted by atomic mass is 9.89. The maximum Gasteiger partial charge on any atom is 0.249 e. The molecule has 2 atom stereocenters. The van der Waals surface area contributed by atoms with Crippen LogP contribution < -0.4 is 16.4 Å². The van der Waals surface area contributed by atoms with E-state index in [4.69, 9.17) is 5.73 Å². The van der Waals surface area contributed by atoms with Crippen LogP contribution >= 0.6 is 0 Å². The fourth-order valence-electron chi connectivity index (χ4n) is 3.76. The molecule has 1 aromatic carbocycles. The number of anilines is 2. The molecule has 2 aromatic heterocycles. The maximum atomic E-state index is 12.0. The van der Waals surface area contributed by atoms with Crippen molar-refractivity contribution in [1.29, 1.82) is 0 Å². The van der Waals surface area contributed by atoms with Crippen molar-refractivity contribution in [2.75, 3.05) is 5.32 Å². The molecule has 0 radical (unpaired) electrons. The fraction of sp³-hybridized carbons (Fsp3) is 0.227. The van der Waals surface area contributed by atoms with Gasteiger partial charge in [-0.1, -0.05) is 6.07 Å². The number of aromatic hydroxyl groups is 1. The number of phenolic OH excluding ortho intramolecular Hbond substituents is 1. The number of benzene rings is 1. The normalized spacial score (nSPS) is 16.5. The molecular formula is C22H23N5O3. The third-order valence-electron chi connectivity index (χ3n) is 5.31. The number of fused-ring (bicyclic) bond motifs is 1. The molecule has 3 aromatic rings. The Morgan fingerprint density at radius 2 is 2.13 bits per heavy atom. The summed E-state index contributed by atoms with van der Waals surface area (Å²) in [5.41, 5.74) is 9.25. The first-order chi connectivity index (χ1) is 14.5. The van der Waals surface area contributed by atoms with Gasteiger partial charge in [0.15, 0.2) is 0 Å². The number of carbonyl (C=O) groups is 1. The minimum absolute atomic E-state index is 0.194. The fourth-order valence-corrected chi connectivity index (χ4v) is 3.76. The first-order valence-electron chi connectivity index (χ1n) is 9.68. The highest BCUT2D eigenvalue weighted by atomic mass is 16.3. The molecule has 1 aliphatic rings. The average molecular weight is 405 g/mol. The van der Waals surface area contributed by atoms with Crippen LogP contribution in [-0.4, -0.2) is 38.2 Å². The average Bonchev–Trinajstić information content (AvgIpc) is 2.75. The minimum Gasteiger partial charge on any atom is -0.508 e. The predicted octanol–water partition coefficient (Wildman–Crippen LogP) is 1.64. The van der Waals surface area contributed by atoms with E-state index in [-0.39, 0.29) is 18.2 Å². The number of hydrogen-bond donors (Lipinski definition) is 5. The first-order valence-corrected chi connectivity index (χ1v) is 9.68. The Morgan fingerprint density at radius 3 is 2.90 bits per heavy atom. The molecule has 0 unspecified atom stereocenters. The van der Waals surface area contributed by atoms with Gasteiger partial charge in [-0.15, -0.1) is 0 Å². The van der Waals surface area contributed by atoms with Gasteiger partial charge in [0.2, 0.25) is 5.91 Å². The van der Waals surface area contributed by atoms with Gasteiger partial charge in [0, 0.05) is 42.5 Å². The van der Waals surface area contributed by atoms with E-state index < -0.39 is 12.0 Å². The highest BCUT2D eigenvalue weighted by molar-refractivity contribution is 5.95. The number of nitrogens with one attached hydrogen (secondary N) is 2. The molecule has 0 aliphatic carbocycles. The molecule has 8 heteroatoms. The number of rotatable bonds is 6. The molecule has 0 bridgehead atoms.